The maximum Gasteiger partial charge on any atom is 0.240 e. The zero-order valence-corrected chi connectivity index (χ0v) is 15.3. The van der Waals surface area contributed by atoms with Gasteiger partial charge in [-0.25, -0.2) is 13.1 Å². The van der Waals surface area contributed by atoms with Gasteiger partial charge in [0, 0.05) is 32.7 Å². The Hall–Kier alpha value is -1.19. The zero-order valence-electron chi connectivity index (χ0n) is 14.4. The maximum atomic E-state index is 11.7. The van der Waals surface area contributed by atoms with Crippen LogP contribution in [0, 0.1) is 0 Å². The average molecular weight is 357 g/mol. The number of nitrogens with zero attached hydrogens (tertiary/aromatic N) is 1. The minimum atomic E-state index is -3.46. The molecule has 0 saturated carbocycles. The molecule has 3 N–H and O–H groups in total. The Kier molecular flexibility index (Phi) is 6.22. The summed E-state index contributed by atoms with van der Waals surface area (Å²) in [6.07, 6.45) is -0.656. The van der Waals surface area contributed by atoms with Crippen molar-refractivity contribution in [3.8, 4) is 5.75 Å². The van der Waals surface area contributed by atoms with Crippen molar-refractivity contribution < 1.29 is 18.3 Å². The fourth-order valence-corrected chi connectivity index (χ4v) is 3.26. The smallest absolute Gasteiger partial charge is 0.240 e. The molecule has 1 aromatic carbocycles. The fourth-order valence-electron chi connectivity index (χ4n) is 2.53. The monoisotopic (exact) mass is 357 g/mol. The van der Waals surface area contributed by atoms with Crippen molar-refractivity contribution in [2.75, 3.05) is 39.8 Å². The van der Waals surface area contributed by atoms with E-state index in [-0.39, 0.29) is 4.90 Å². The van der Waals surface area contributed by atoms with Gasteiger partial charge in [0.25, 0.3) is 0 Å². The Morgan fingerprint density at radius 1 is 1.29 bits per heavy atom. The van der Waals surface area contributed by atoms with Crippen LogP contribution in [0.25, 0.3) is 0 Å². The number of aliphatic hydroxyl groups is 1. The van der Waals surface area contributed by atoms with Gasteiger partial charge in [-0.1, -0.05) is 0 Å². The minimum absolute atomic E-state index is 0.177. The number of hydrogen-bond donors (Lipinski definition) is 3. The van der Waals surface area contributed by atoms with E-state index in [2.05, 4.69) is 14.9 Å². The minimum Gasteiger partial charge on any atom is -0.485 e. The molecule has 1 aliphatic heterocycles. The quantitative estimate of drug-likeness (QED) is 0.637. The molecular formula is C16H27N3O4S. The van der Waals surface area contributed by atoms with Crippen LogP contribution in [0.15, 0.2) is 29.2 Å². The Morgan fingerprint density at radius 2 is 1.88 bits per heavy atom. The molecule has 136 valence electrons. The van der Waals surface area contributed by atoms with Crippen molar-refractivity contribution in [2.24, 2.45) is 0 Å². The van der Waals surface area contributed by atoms with Crippen molar-refractivity contribution in [3.63, 3.8) is 0 Å². The second kappa shape index (κ2) is 7.79. The predicted molar refractivity (Wildman–Crippen MR) is 92.7 cm³/mol. The Labute approximate surface area is 144 Å². The first kappa shape index (κ1) is 19.1. The van der Waals surface area contributed by atoms with Gasteiger partial charge < -0.3 is 15.2 Å². The summed E-state index contributed by atoms with van der Waals surface area (Å²) < 4.78 is 31.6. The van der Waals surface area contributed by atoms with Gasteiger partial charge in [0.15, 0.2) is 0 Å². The van der Waals surface area contributed by atoms with E-state index in [4.69, 9.17) is 4.74 Å². The number of benzene rings is 1. The molecular weight excluding hydrogens is 330 g/mol. The lowest BCUT2D eigenvalue weighted by molar-refractivity contribution is -0.0456. The van der Waals surface area contributed by atoms with Gasteiger partial charge in [-0.15, -0.1) is 0 Å². The number of aliphatic hydroxyl groups excluding tert-OH is 1. The van der Waals surface area contributed by atoms with Crippen LogP contribution < -0.4 is 14.8 Å². The molecule has 1 aromatic rings. The largest absolute Gasteiger partial charge is 0.485 e. The Morgan fingerprint density at radius 3 is 2.42 bits per heavy atom. The molecule has 24 heavy (non-hydrogen) atoms. The second-order valence-corrected chi connectivity index (χ2v) is 8.34. The van der Waals surface area contributed by atoms with E-state index in [1.165, 1.54) is 19.2 Å². The van der Waals surface area contributed by atoms with Crippen molar-refractivity contribution in [1.29, 1.82) is 0 Å². The van der Waals surface area contributed by atoms with E-state index in [0.29, 0.717) is 12.3 Å². The molecule has 8 heteroatoms. The molecule has 0 aromatic heterocycles. The molecule has 7 nitrogen and oxygen atoms in total. The van der Waals surface area contributed by atoms with Crippen LogP contribution in [0.2, 0.25) is 0 Å². The normalized spacial score (nSPS) is 18.3. The Bertz CT molecular complexity index is 625. The zero-order chi connectivity index (χ0) is 17.8. The fraction of sp³-hybridized carbons (Fsp3) is 0.625. The third-order valence-corrected chi connectivity index (χ3v) is 5.66. The molecule has 1 heterocycles. The molecule has 0 bridgehead atoms. The van der Waals surface area contributed by atoms with Crippen LogP contribution in [0.1, 0.15) is 13.8 Å². The summed E-state index contributed by atoms with van der Waals surface area (Å²) in [4.78, 5) is 2.38. The topological polar surface area (TPSA) is 90.9 Å². The van der Waals surface area contributed by atoms with E-state index >= 15 is 0 Å². The van der Waals surface area contributed by atoms with Crippen molar-refractivity contribution in [3.05, 3.63) is 24.3 Å². The van der Waals surface area contributed by atoms with Gasteiger partial charge in [-0.05, 0) is 45.2 Å². The highest BCUT2D eigenvalue weighted by atomic mass is 32.2. The molecule has 2 rings (SSSR count). The van der Waals surface area contributed by atoms with E-state index in [0.717, 1.165) is 26.2 Å². The number of rotatable bonds is 7. The third-order valence-electron chi connectivity index (χ3n) is 4.23. The van der Waals surface area contributed by atoms with E-state index < -0.39 is 21.7 Å². The second-order valence-electron chi connectivity index (χ2n) is 6.45. The van der Waals surface area contributed by atoms with E-state index in [1.54, 1.807) is 12.1 Å². The van der Waals surface area contributed by atoms with Crippen LogP contribution in [0.4, 0.5) is 0 Å². The van der Waals surface area contributed by atoms with Gasteiger partial charge in [0.1, 0.15) is 17.5 Å². The number of ether oxygens (including phenoxy) is 1. The summed E-state index contributed by atoms with van der Waals surface area (Å²) in [5.74, 6) is 0.523. The number of sulfonamides is 1. The lowest BCUT2D eigenvalue weighted by Gasteiger charge is -2.36. The highest BCUT2D eigenvalue weighted by Crippen LogP contribution is 2.23. The van der Waals surface area contributed by atoms with Gasteiger partial charge in [-0.3, -0.25) is 4.90 Å². The summed E-state index contributed by atoms with van der Waals surface area (Å²) >= 11 is 0. The first-order valence-corrected chi connectivity index (χ1v) is 9.57. The lowest BCUT2D eigenvalue weighted by Crippen LogP contribution is -2.52. The first-order chi connectivity index (χ1) is 11.2. The molecule has 1 fully saturated rings. The van der Waals surface area contributed by atoms with Crippen molar-refractivity contribution in [1.82, 2.24) is 14.9 Å². The first-order valence-electron chi connectivity index (χ1n) is 8.08. The van der Waals surface area contributed by atoms with Crippen molar-refractivity contribution in [2.45, 2.75) is 30.4 Å². The molecule has 0 spiro atoms. The van der Waals surface area contributed by atoms with Gasteiger partial charge in [0.2, 0.25) is 10.0 Å². The van der Waals surface area contributed by atoms with Crippen LogP contribution >= 0.6 is 0 Å². The summed E-state index contributed by atoms with van der Waals surface area (Å²) in [6, 6.07) is 6.17. The number of piperazine rings is 1. The molecule has 0 radical (unpaired) electrons. The third kappa shape index (κ3) is 4.90. The lowest BCUT2D eigenvalue weighted by atomic mass is 10.0. The highest BCUT2D eigenvalue weighted by Gasteiger charge is 2.32. The molecule has 1 atom stereocenters. The predicted octanol–water partition coefficient (Wildman–Crippen LogP) is 0.0182. The maximum absolute atomic E-state index is 11.7. The van der Waals surface area contributed by atoms with Gasteiger partial charge >= 0.3 is 0 Å². The number of β-amino-alcohol motifs (C(OH)–C–C–N with tert-alkyl or cyclic N) is 1. The summed E-state index contributed by atoms with van der Waals surface area (Å²) in [5.41, 5.74) is -0.783. The summed E-state index contributed by atoms with van der Waals surface area (Å²) in [7, 11) is -2.09. The molecule has 1 unspecified atom stereocenters. The Balaban J connectivity index is 1.99. The molecule has 1 saturated heterocycles. The van der Waals surface area contributed by atoms with E-state index in [9.17, 15) is 13.5 Å². The van der Waals surface area contributed by atoms with E-state index in [1.807, 2.05) is 13.8 Å². The average Bonchev–Trinajstić information content (AvgIpc) is 2.56. The molecule has 1 aliphatic rings. The van der Waals surface area contributed by atoms with Crippen LogP contribution in [0.5, 0.6) is 5.75 Å². The highest BCUT2D eigenvalue weighted by molar-refractivity contribution is 7.89. The van der Waals surface area contributed by atoms with Crippen LogP contribution in [0.3, 0.4) is 0 Å². The van der Waals surface area contributed by atoms with Crippen molar-refractivity contribution >= 4 is 10.0 Å². The van der Waals surface area contributed by atoms with Crippen LogP contribution in [-0.4, -0.2) is 69.9 Å². The summed E-state index contributed by atoms with van der Waals surface area (Å²) in [6.45, 7) is 7.87. The van der Waals surface area contributed by atoms with Crippen LogP contribution in [-0.2, 0) is 10.0 Å². The van der Waals surface area contributed by atoms with Gasteiger partial charge in [0.05, 0.1) is 4.90 Å². The SMILES string of the molecule is CNS(=O)(=O)c1ccc(OC(C)(C)C(O)CN2CCNCC2)cc1. The molecule has 0 amide bonds. The number of nitrogens with one attached hydrogen (secondary N) is 2. The number of hydrogen-bond acceptors (Lipinski definition) is 6. The molecule has 0 aliphatic carbocycles. The summed E-state index contributed by atoms with van der Waals surface area (Å²) in [5, 5.41) is 13.8. The van der Waals surface area contributed by atoms with Gasteiger partial charge in [-0.2, -0.15) is 0 Å². The standard InChI is InChI=1S/C16H27N3O4S/c1-16(2,15(20)12-19-10-8-18-9-11-19)23-13-4-6-14(7-5-13)24(21,22)17-3/h4-7,15,17-18,20H,8-12H2,1-3H3.